The molecular formula is C12H11BrN2O3. The summed E-state index contributed by atoms with van der Waals surface area (Å²) in [5, 5.41) is 3.93. The van der Waals surface area contributed by atoms with Gasteiger partial charge in [-0.15, -0.1) is 0 Å². The number of aryl methyl sites for hydroxylation is 1. The highest BCUT2D eigenvalue weighted by Gasteiger charge is 2.22. The molecule has 1 aromatic heterocycles. The second kappa shape index (κ2) is 4.20. The topological polar surface area (TPSA) is 70.5 Å². The average Bonchev–Trinajstić information content (AvgIpc) is 2.76. The summed E-state index contributed by atoms with van der Waals surface area (Å²) in [6, 6.07) is 3.61. The standard InChI is InChI=1S/C12H11BrN2O3/c1-6-4-8-12(17-3-2-16-8)11(13)10(6)7-5-9(14)18-15-7/h4-5H,2-3,14H2,1H3. The molecule has 3 rings (SSSR count). The van der Waals surface area contributed by atoms with Crippen LogP contribution in [-0.2, 0) is 0 Å². The average molecular weight is 311 g/mol. The first-order valence-corrected chi connectivity index (χ1v) is 6.27. The summed E-state index contributed by atoms with van der Waals surface area (Å²) in [5.41, 5.74) is 8.14. The predicted molar refractivity (Wildman–Crippen MR) is 69.8 cm³/mol. The van der Waals surface area contributed by atoms with Crippen LogP contribution in [0.1, 0.15) is 5.56 Å². The number of hydrogen-bond donors (Lipinski definition) is 1. The molecule has 0 amide bonds. The zero-order chi connectivity index (χ0) is 12.7. The van der Waals surface area contributed by atoms with E-state index >= 15 is 0 Å². The van der Waals surface area contributed by atoms with Crippen molar-refractivity contribution in [2.75, 3.05) is 18.9 Å². The molecule has 2 aromatic rings. The van der Waals surface area contributed by atoms with Crippen LogP contribution in [-0.4, -0.2) is 18.4 Å². The van der Waals surface area contributed by atoms with E-state index in [-0.39, 0.29) is 5.88 Å². The molecule has 0 unspecified atom stereocenters. The van der Waals surface area contributed by atoms with E-state index in [9.17, 15) is 0 Å². The van der Waals surface area contributed by atoms with Gasteiger partial charge in [0.25, 0.3) is 0 Å². The van der Waals surface area contributed by atoms with Crippen molar-refractivity contribution in [3.8, 4) is 22.8 Å². The number of nitrogens with two attached hydrogens (primary N) is 1. The van der Waals surface area contributed by atoms with Crippen molar-refractivity contribution in [2.45, 2.75) is 6.92 Å². The predicted octanol–water partition coefficient (Wildman–Crippen LogP) is 2.77. The summed E-state index contributed by atoms with van der Waals surface area (Å²) < 4.78 is 16.9. The molecule has 0 radical (unpaired) electrons. The molecule has 2 N–H and O–H groups in total. The summed E-state index contributed by atoms with van der Waals surface area (Å²) in [7, 11) is 0. The Bertz CT molecular complexity index is 610. The van der Waals surface area contributed by atoms with Gasteiger partial charge in [0.1, 0.15) is 18.9 Å². The SMILES string of the molecule is Cc1cc2c(c(Br)c1-c1cc(N)on1)OCCO2. The Morgan fingerprint density at radius 1 is 1.28 bits per heavy atom. The molecule has 18 heavy (non-hydrogen) atoms. The van der Waals surface area contributed by atoms with Gasteiger partial charge in [-0.1, -0.05) is 5.16 Å². The van der Waals surface area contributed by atoms with Crippen LogP contribution in [0.2, 0.25) is 0 Å². The summed E-state index contributed by atoms with van der Waals surface area (Å²) in [5.74, 6) is 1.72. The van der Waals surface area contributed by atoms with Crippen molar-refractivity contribution in [1.29, 1.82) is 0 Å². The monoisotopic (exact) mass is 310 g/mol. The molecule has 94 valence electrons. The Labute approximate surface area is 112 Å². The van der Waals surface area contributed by atoms with E-state index in [2.05, 4.69) is 21.1 Å². The Hall–Kier alpha value is -1.69. The molecule has 0 fully saturated rings. The molecular weight excluding hydrogens is 300 g/mol. The Kier molecular flexibility index (Phi) is 2.66. The number of fused-ring (bicyclic) bond motifs is 1. The van der Waals surface area contributed by atoms with Crippen molar-refractivity contribution in [3.63, 3.8) is 0 Å². The van der Waals surface area contributed by atoms with Crippen molar-refractivity contribution >= 4 is 21.8 Å². The normalized spacial score (nSPS) is 13.7. The van der Waals surface area contributed by atoms with Gasteiger partial charge < -0.3 is 19.7 Å². The van der Waals surface area contributed by atoms with E-state index in [1.165, 1.54) is 0 Å². The molecule has 0 atom stereocenters. The smallest absolute Gasteiger partial charge is 0.222 e. The first-order valence-electron chi connectivity index (χ1n) is 5.48. The highest BCUT2D eigenvalue weighted by molar-refractivity contribution is 9.10. The molecule has 0 saturated heterocycles. The number of hydrogen-bond acceptors (Lipinski definition) is 5. The van der Waals surface area contributed by atoms with Gasteiger partial charge in [0.15, 0.2) is 11.5 Å². The number of nitrogens with zero attached hydrogens (tertiary/aromatic N) is 1. The molecule has 0 aliphatic carbocycles. The van der Waals surface area contributed by atoms with Crippen LogP contribution in [0, 0.1) is 6.92 Å². The Morgan fingerprint density at radius 2 is 2.06 bits per heavy atom. The third-order valence-corrected chi connectivity index (χ3v) is 3.51. The quantitative estimate of drug-likeness (QED) is 0.877. The molecule has 1 aromatic carbocycles. The van der Waals surface area contributed by atoms with Crippen LogP contribution >= 0.6 is 15.9 Å². The third kappa shape index (κ3) is 1.73. The van der Waals surface area contributed by atoms with E-state index in [0.717, 1.165) is 21.3 Å². The number of anilines is 1. The van der Waals surface area contributed by atoms with E-state index in [4.69, 9.17) is 19.7 Å². The van der Waals surface area contributed by atoms with Crippen LogP contribution < -0.4 is 15.2 Å². The van der Waals surface area contributed by atoms with Gasteiger partial charge in [0.2, 0.25) is 5.88 Å². The molecule has 2 heterocycles. The van der Waals surface area contributed by atoms with Crippen LogP contribution in [0.25, 0.3) is 11.3 Å². The Morgan fingerprint density at radius 3 is 2.78 bits per heavy atom. The fourth-order valence-corrected chi connectivity index (χ4v) is 2.81. The first kappa shape index (κ1) is 11.4. The largest absolute Gasteiger partial charge is 0.486 e. The third-order valence-electron chi connectivity index (χ3n) is 2.76. The van der Waals surface area contributed by atoms with Gasteiger partial charge in [-0.2, -0.15) is 0 Å². The highest BCUT2D eigenvalue weighted by atomic mass is 79.9. The lowest BCUT2D eigenvalue weighted by Crippen LogP contribution is -2.16. The van der Waals surface area contributed by atoms with Crippen molar-refractivity contribution in [1.82, 2.24) is 5.16 Å². The molecule has 6 heteroatoms. The number of ether oxygens (including phenoxy) is 2. The van der Waals surface area contributed by atoms with Crippen molar-refractivity contribution in [2.24, 2.45) is 0 Å². The van der Waals surface area contributed by atoms with E-state index in [0.29, 0.717) is 24.7 Å². The van der Waals surface area contributed by atoms with Gasteiger partial charge in [-0.25, -0.2) is 0 Å². The van der Waals surface area contributed by atoms with Gasteiger partial charge in [-0.3, -0.25) is 0 Å². The number of rotatable bonds is 1. The fraction of sp³-hybridized carbons (Fsp3) is 0.250. The molecule has 0 saturated carbocycles. The second-order valence-corrected chi connectivity index (χ2v) is 4.81. The Balaban J connectivity index is 2.20. The lowest BCUT2D eigenvalue weighted by atomic mass is 10.0. The van der Waals surface area contributed by atoms with Gasteiger partial charge in [-0.05, 0) is 34.5 Å². The number of halogens is 1. The van der Waals surface area contributed by atoms with E-state index < -0.39 is 0 Å². The molecule has 1 aliphatic heterocycles. The lowest BCUT2D eigenvalue weighted by molar-refractivity contribution is 0.170. The van der Waals surface area contributed by atoms with Crippen LogP contribution in [0.3, 0.4) is 0 Å². The maximum absolute atomic E-state index is 5.62. The summed E-state index contributed by atoms with van der Waals surface area (Å²) in [6.45, 7) is 3.08. The number of aromatic nitrogens is 1. The van der Waals surface area contributed by atoms with Gasteiger partial charge >= 0.3 is 0 Å². The van der Waals surface area contributed by atoms with Crippen LogP contribution in [0.4, 0.5) is 5.88 Å². The van der Waals surface area contributed by atoms with Gasteiger partial charge in [0, 0.05) is 11.6 Å². The zero-order valence-corrected chi connectivity index (χ0v) is 11.3. The minimum atomic E-state index is 0.284. The summed E-state index contributed by atoms with van der Waals surface area (Å²) >= 11 is 3.54. The van der Waals surface area contributed by atoms with E-state index in [1.54, 1.807) is 6.07 Å². The molecule has 1 aliphatic rings. The lowest BCUT2D eigenvalue weighted by Gasteiger charge is -2.21. The van der Waals surface area contributed by atoms with Crippen molar-refractivity contribution in [3.05, 3.63) is 22.2 Å². The molecule has 0 spiro atoms. The molecule has 5 nitrogen and oxygen atoms in total. The maximum atomic E-state index is 5.62. The molecule has 0 bridgehead atoms. The second-order valence-electron chi connectivity index (χ2n) is 4.02. The minimum Gasteiger partial charge on any atom is -0.486 e. The van der Waals surface area contributed by atoms with Crippen LogP contribution in [0.15, 0.2) is 21.1 Å². The maximum Gasteiger partial charge on any atom is 0.222 e. The minimum absolute atomic E-state index is 0.284. The zero-order valence-electron chi connectivity index (χ0n) is 9.70. The van der Waals surface area contributed by atoms with Crippen LogP contribution in [0.5, 0.6) is 11.5 Å². The summed E-state index contributed by atoms with van der Waals surface area (Å²) in [4.78, 5) is 0. The highest BCUT2D eigenvalue weighted by Crippen LogP contribution is 2.45. The fourth-order valence-electron chi connectivity index (χ4n) is 1.99. The van der Waals surface area contributed by atoms with Crippen molar-refractivity contribution < 1.29 is 14.0 Å². The number of benzene rings is 1. The summed E-state index contributed by atoms with van der Waals surface area (Å²) in [6.07, 6.45) is 0. The first-order chi connectivity index (χ1) is 8.66. The van der Waals surface area contributed by atoms with E-state index in [1.807, 2.05) is 13.0 Å². The van der Waals surface area contributed by atoms with Gasteiger partial charge in [0.05, 0.1) is 4.47 Å². The number of nitrogen functional groups attached to an aromatic ring is 1.